The molecule has 9 nitrogen and oxygen atoms in total. The number of anilines is 2. The van der Waals surface area contributed by atoms with Crippen molar-refractivity contribution in [2.45, 2.75) is 24.7 Å². The number of nitro benzene ring substituents is 1. The molecule has 4 rings (SSSR count). The van der Waals surface area contributed by atoms with Crippen LogP contribution in [-0.2, 0) is 0 Å². The topological polar surface area (TPSA) is 111 Å². The summed E-state index contributed by atoms with van der Waals surface area (Å²) in [5, 5.41) is 22.3. The molecule has 0 aliphatic carbocycles. The number of fused-ring (bicyclic) bond motifs is 1. The SMILES string of the molecule is COc1cc(NC(=O)c2nn3c(c2Br)N[C@@H](c2cccs2)C[C@H]3C(F)(F)F)cc([N+](=O)[O-])c1. The molecule has 2 aromatic heterocycles. The van der Waals surface area contributed by atoms with Crippen LogP contribution >= 0.6 is 27.3 Å². The summed E-state index contributed by atoms with van der Waals surface area (Å²) in [5.41, 5.74) is -0.602. The molecular formula is C19H15BrF3N5O4S. The van der Waals surface area contributed by atoms with Crippen molar-refractivity contribution >= 4 is 50.4 Å². The summed E-state index contributed by atoms with van der Waals surface area (Å²) in [7, 11) is 1.30. The largest absolute Gasteiger partial charge is 0.496 e. The maximum absolute atomic E-state index is 13.8. The lowest BCUT2D eigenvalue weighted by atomic mass is 10.0. The molecule has 3 heterocycles. The highest BCUT2D eigenvalue weighted by molar-refractivity contribution is 9.10. The molecule has 1 aliphatic heterocycles. The van der Waals surface area contributed by atoms with E-state index in [2.05, 4.69) is 31.7 Å². The molecule has 33 heavy (non-hydrogen) atoms. The highest BCUT2D eigenvalue weighted by atomic mass is 79.9. The number of hydrogen-bond acceptors (Lipinski definition) is 7. The Bertz CT molecular complexity index is 1210. The minimum Gasteiger partial charge on any atom is -0.496 e. The van der Waals surface area contributed by atoms with Gasteiger partial charge in [-0.1, -0.05) is 6.07 Å². The molecule has 0 spiro atoms. The van der Waals surface area contributed by atoms with E-state index in [1.165, 1.54) is 30.6 Å². The van der Waals surface area contributed by atoms with Gasteiger partial charge in [-0.3, -0.25) is 14.9 Å². The smallest absolute Gasteiger partial charge is 0.410 e. The lowest BCUT2D eigenvalue weighted by Gasteiger charge is -2.33. The molecule has 1 aromatic carbocycles. The lowest BCUT2D eigenvalue weighted by Crippen LogP contribution is -2.35. The Kier molecular flexibility index (Phi) is 6.05. The second-order valence-corrected chi connectivity index (χ2v) is 8.86. The first-order valence-corrected chi connectivity index (χ1v) is 11.0. The second kappa shape index (κ2) is 8.67. The van der Waals surface area contributed by atoms with E-state index in [-0.39, 0.29) is 39.5 Å². The number of ether oxygens (including phenoxy) is 1. The molecular weight excluding hydrogens is 531 g/mol. The summed E-state index contributed by atoms with van der Waals surface area (Å²) in [6, 6.07) is 4.54. The lowest BCUT2D eigenvalue weighted by molar-refractivity contribution is -0.384. The van der Waals surface area contributed by atoms with Crippen LogP contribution in [0.15, 0.2) is 40.2 Å². The van der Waals surface area contributed by atoms with Gasteiger partial charge in [0.15, 0.2) is 11.7 Å². The van der Waals surface area contributed by atoms with Crippen LogP contribution in [0.1, 0.15) is 33.9 Å². The normalized spacial score (nSPS) is 17.7. The molecule has 0 fully saturated rings. The molecule has 0 saturated carbocycles. The van der Waals surface area contributed by atoms with Crippen molar-refractivity contribution in [1.82, 2.24) is 9.78 Å². The third kappa shape index (κ3) is 4.53. The number of carbonyl (C=O) groups excluding carboxylic acids is 1. The fourth-order valence-electron chi connectivity index (χ4n) is 3.48. The standard InChI is InChI=1S/C19H15BrF3N5O4S/c1-32-11-6-9(5-10(7-11)28(30)31)24-18(29)16-15(20)17-25-12(13-3-2-4-33-13)8-14(19(21,22)23)27(17)26-16/h2-7,12,14,25H,8H2,1H3,(H,24,29)/t12-,14+/m1/s1. The first-order valence-electron chi connectivity index (χ1n) is 9.38. The molecule has 174 valence electrons. The predicted molar refractivity (Wildman–Crippen MR) is 118 cm³/mol. The van der Waals surface area contributed by atoms with Gasteiger partial charge < -0.3 is 15.4 Å². The summed E-state index contributed by atoms with van der Waals surface area (Å²) in [4.78, 5) is 24.0. The number of nitrogens with one attached hydrogen (secondary N) is 2. The third-order valence-corrected chi connectivity index (χ3v) is 6.73. The van der Waals surface area contributed by atoms with Crippen molar-refractivity contribution < 1.29 is 27.6 Å². The summed E-state index contributed by atoms with van der Waals surface area (Å²) in [5.74, 6) is -0.703. The number of benzene rings is 1. The number of nitro groups is 1. The van der Waals surface area contributed by atoms with E-state index >= 15 is 0 Å². The highest BCUT2D eigenvalue weighted by Crippen LogP contribution is 2.47. The fraction of sp³-hybridized carbons (Fsp3) is 0.263. The number of amides is 1. The zero-order valence-corrected chi connectivity index (χ0v) is 19.1. The second-order valence-electron chi connectivity index (χ2n) is 7.09. The van der Waals surface area contributed by atoms with E-state index in [1.807, 2.05) is 0 Å². The van der Waals surface area contributed by atoms with Gasteiger partial charge in [0.05, 0.1) is 34.3 Å². The maximum atomic E-state index is 13.8. The van der Waals surface area contributed by atoms with Crippen LogP contribution in [0, 0.1) is 10.1 Å². The Morgan fingerprint density at radius 1 is 1.42 bits per heavy atom. The maximum Gasteiger partial charge on any atom is 0.410 e. The van der Waals surface area contributed by atoms with Crippen molar-refractivity contribution in [3.63, 3.8) is 0 Å². The van der Waals surface area contributed by atoms with Crippen molar-refractivity contribution in [3.05, 3.63) is 60.9 Å². The monoisotopic (exact) mass is 545 g/mol. The zero-order valence-electron chi connectivity index (χ0n) is 16.7. The van der Waals surface area contributed by atoms with Gasteiger partial charge in [-0.25, -0.2) is 4.68 Å². The van der Waals surface area contributed by atoms with Gasteiger partial charge in [-0.15, -0.1) is 11.3 Å². The van der Waals surface area contributed by atoms with Crippen LogP contribution in [0.2, 0.25) is 0 Å². The van der Waals surface area contributed by atoms with Gasteiger partial charge in [0.2, 0.25) is 0 Å². The third-order valence-electron chi connectivity index (χ3n) is 4.99. The van der Waals surface area contributed by atoms with E-state index in [4.69, 9.17) is 4.74 Å². The molecule has 2 N–H and O–H groups in total. The number of thiophene rings is 1. The molecule has 0 bridgehead atoms. The summed E-state index contributed by atoms with van der Waals surface area (Å²) < 4.78 is 47.3. The van der Waals surface area contributed by atoms with E-state index < -0.39 is 29.1 Å². The van der Waals surface area contributed by atoms with Crippen LogP contribution in [-0.4, -0.2) is 33.9 Å². The summed E-state index contributed by atoms with van der Waals surface area (Å²) in [6.45, 7) is 0. The molecule has 0 radical (unpaired) electrons. The van der Waals surface area contributed by atoms with E-state index in [0.29, 0.717) is 0 Å². The number of aromatic nitrogens is 2. The molecule has 2 atom stereocenters. The Morgan fingerprint density at radius 2 is 2.18 bits per heavy atom. The van der Waals surface area contributed by atoms with Crippen LogP contribution < -0.4 is 15.4 Å². The van der Waals surface area contributed by atoms with Crippen molar-refractivity contribution in [2.75, 3.05) is 17.7 Å². The van der Waals surface area contributed by atoms with Gasteiger partial charge in [0.25, 0.3) is 11.6 Å². The Balaban J connectivity index is 1.69. The molecule has 0 saturated heterocycles. The van der Waals surface area contributed by atoms with Crippen LogP contribution in [0.5, 0.6) is 5.75 Å². The zero-order chi connectivity index (χ0) is 23.9. The molecule has 1 amide bonds. The average Bonchev–Trinajstić information content (AvgIpc) is 3.40. The predicted octanol–water partition coefficient (Wildman–Crippen LogP) is 5.54. The van der Waals surface area contributed by atoms with E-state index in [9.17, 15) is 28.1 Å². The fourth-order valence-corrected chi connectivity index (χ4v) is 4.83. The number of alkyl halides is 3. The summed E-state index contributed by atoms with van der Waals surface area (Å²) in [6.07, 6.45) is -4.90. The van der Waals surface area contributed by atoms with Crippen molar-refractivity contribution in [1.29, 1.82) is 0 Å². The average molecular weight is 546 g/mol. The van der Waals surface area contributed by atoms with E-state index in [1.54, 1.807) is 17.5 Å². The Labute approximate surface area is 196 Å². The number of non-ortho nitro benzene ring substituents is 1. The minimum absolute atomic E-state index is 0.0174. The summed E-state index contributed by atoms with van der Waals surface area (Å²) >= 11 is 4.52. The number of halogens is 4. The Morgan fingerprint density at radius 3 is 2.79 bits per heavy atom. The van der Waals surface area contributed by atoms with Gasteiger partial charge >= 0.3 is 6.18 Å². The number of nitrogens with zero attached hydrogens (tertiary/aromatic N) is 3. The van der Waals surface area contributed by atoms with Crippen molar-refractivity contribution in [3.8, 4) is 5.75 Å². The molecule has 3 aromatic rings. The van der Waals surface area contributed by atoms with Crippen molar-refractivity contribution in [2.24, 2.45) is 0 Å². The minimum atomic E-state index is -4.60. The first kappa shape index (κ1) is 23.0. The van der Waals surface area contributed by atoms with Crippen LogP contribution in [0.4, 0.5) is 30.4 Å². The van der Waals surface area contributed by atoms with E-state index in [0.717, 1.165) is 15.6 Å². The Hall–Kier alpha value is -3.13. The first-order chi connectivity index (χ1) is 15.6. The highest BCUT2D eigenvalue weighted by Gasteiger charge is 2.48. The molecule has 0 unspecified atom stereocenters. The number of methoxy groups -OCH3 is 1. The number of carbonyl (C=O) groups is 1. The number of hydrogen-bond donors (Lipinski definition) is 2. The van der Waals surface area contributed by atoms with Gasteiger partial charge in [-0.2, -0.15) is 18.3 Å². The quantitative estimate of drug-likeness (QED) is 0.321. The van der Waals surface area contributed by atoms with Gasteiger partial charge in [0, 0.05) is 23.4 Å². The molecule has 1 aliphatic rings. The number of rotatable bonds is 5. The van der Waals surface area contributed by atoms with Crippen LogP contribution in [0.25, 0.3) is 0 Å². The van der Waals surface area contributed by atoms with Gasteiger partial charge in [-0.05, 0) is 27.4 Å². The molecule has 14 heteroatoms. The van der Waals surface area contributed by atoms with Crippen LogP contribution in [0.3, 0.4) is 0 Å². The van der Waals surface area contributed by atoms with Gasteiger partial charge in [0.1, 0.15) is 11.6 Å².